The van der Waals surface area contributed by atoms with Gasteiger partial charge < -0.3 is 10.8 Å². The fourth-order valence-electron chi connectivity index (χ4n) is 1.85. The zero-order chi connectivity index (χ0) is 13.5. The quantitative estimate of drug-likeness (QED) is 0.740. The van der Waals surface area contributed by atoms with Crippen LogP contribution in [-0.4, -0.2) is 34.2 Å². The van der Waals surface area contributed by atoms with Crippen LogP contribution in [0.25, 0.3) is 0 Å². The predicted octanol–water partition coefficient (Wildman–Crippen LogP) is 1.91. The number of aliphatic hydroxyl groups is 1. The molecule has 0 heterocycles. The molecule has 0 bridgehead atoms. The van der Waals surface area contributed by atoms with Gasteiger partial charge in [0.15, 0.2) is 0 Å². The Morgan fingerprint density at radius 1 is 1.44 bits per heavy atom. The molecule has 0 spiro atoms. The van der Waals surface area contributed by atoms with Gasteiger partial charge in [-0.05, 0) is 31.9 Å². The first kappa shape index (κ1) is 15.1. The first-order valence-corrected chi connectivity index (χ1v) is 6.69. The Balaban J connectivity index is 2.73. The molecule has 1 aromatic carbocycles. The van der Waals surface area contributed by atoms with E-state index in [-0.39, 0.29) is 6.61 Å². The molecule has 100 valence electrons. The first-order valence-electron chi connectivity index (χ1n) is 6.28. The number of thiocarbonyl (C=S) groups is 1. The molecule has 4 heteroatoms. The number of rotatable bonds is 7. The van der Waals surface area contributed by atoms with Gasteiger partial charge in [0.1, 0.15) is 4.99 Å². The van der Waals surface area contributed by atoms with Crippen LogP contribution in [0.4, 0.5) is 0 Å². The Labute approximate surface area is 115 Å². The maximum atomic E-state index is 8.92. The summed E-state index contributed by atoms with van der Waals surface area (Å²) in [6, 6.07) is 8.48. The highest BCUT2D eigenvalue weighted by atomic mass is 32.1. The summed E-state index contributed by atoms with van der Waals surface area (Å²) in [5, 5.41) is 8.92. The van der Waals surface area contributed by atoms with Crippen molar-refractivity contribution >= 4 is 17.2 Å². The number of aliphatic hydroxyl groups excluding tert-OH is 1. The Kier molecular flexibility index (Phi) is 6.25. The van der Waals surface area contributed by atoms with Gasteiger partial charge >= 0.3 is 0 Å². The van der Waals surface area contributed by atoms with Crippen LogP contribution in [0, 0.1) is 0 Å². The van der Waals surface area contributed by atoms with Crippen molar-refractivity contribution < 1.29 is 5.11 Å². The number of benzene rings is 1. The number of hydrogen-bond acceptors (Lipinski definition) is 3. The number of nitrogens with zero attached hydrogens (tertiary/aromatic N) is 1. The van der Waals surface area contributed by atoms with Crippen molar-refractivity contribution in [2.24, 2.45) is 5.73 Å². The smallest absolute Gasteiger partial charge is 0.103 e. The second-order valence-corrected chi connectivity index (χ2v) is 5.15. The lowest BCUT2D eigenvalue weighted by molar-refractivity contribution is 0.185. The lowest BCUT2D eigenvalue weighted by Gasteiger charge is -2.26. The Hall–Kier alpha value is -0.970. The Bertz CT molecular complexity index is 393. The van der Waals surface area contributed by atoms with Gasteiger partial charge in [0, 0.05) is 31.3 Å². The molecule has 3 nitrogen and oxygen atoms in total. The molecule has 18 heavy (non-hydrogen) atoms. The van der Waals surface area contributed by atoms with Crippen LogP contribution in [0.1, 0.15) is 31.4 Å². The third kappa shape index (κ3) is 4.72. The van der Waals surface area contributed by atoms with Gasteiger partial charge in [0.25, 0.3) is 0 Å². The molecule has 0 atom stereocenters. The summed E-state index contributed by atoms with van der Waals surface area (Å²) >= 11 is 4.99. The molecule has 0 aromatic heterocycles. The van der Waals surface area contributed by atoms with Gasteiger partial charge in [-0.25, -0.2) is 0 Å². The topological polar surface area (TPSA) is 49.5 Å². The van der Waals surface area contributed by atoms with E-state index in [0.29, 0.717) is 11.0 Å². The first-order chi connectivity index (χ1) is 8.54. The van der Waals surface area contributed by atoms with E-state index in [1.165, 1.54) is 5.56 Å². The number of hydrogen-bond donors (Lipinski definition) is 2. The maximum absolute atomic E-state index is 8.92. The van der Waals surface area contributed by atoms with Crippen LogP contribution < -0.4 is 5.73 Å². The van der Waals surface area contributed by atoms with Gasteiger partial charge in [-0.1, -0.05) is 30.4 Å². The minimum absolute atomic E-state index is 0.232. The molecule has 3 N–H and O–H groups in total. The summed E-state index contributed by atoms with van der Waals surface area (Å²) in [4.78, 5) is 2.76. The van der Waals surface area contributed by atoms with Crippen LogP contribution in [0.5, 0.6) is 0 Å². The minimum atomic E-state index is 0.232. The van der Waals surface area contributed by atoms with Crippen LogP contribution in [0.3, 0.4) is 0 Å². The predicted molar refractivity (Wildman–Crippen MR) is 79.6 cm³/mol. The van der Waals surface area contributed by atoms with Gasteiger partial charge in [-0.2, -0.15) is 0 Å². The highest BCUT2D eigenvalue weighted by molar-refractivity contribution is 7.80. The zero-order valence-electron chi connectivity index (χ0n) is 11.1. The maximum Gasteiger partial charge on any atom is 0.103 e. The normalized spacial score (nSPS) is 11.2. The largest absolute Gasteiger partial charge is 0.396 e. The standard InChI is InChI=1S/C14H22N2OS/c1-11(2)16(7-4-8-17)10-12-5-3-6-13(9-12)14(15)18/h3,5-6,9,11,17H,4,7-8,10H2,1-2H3,(H2,15,18). The summed E-state index contributed by atoms with van der Waals surface area (Å²) in [6.07, 6.45) is 0.799. The molecule has 0 aliphatic heterocycles. The monoisotopic (exact) mass is 266 g/mol. The van der Waals surface area contributed by atoms with Crippen molar-refractivity contribution in [3.63, 3.8) is 0 Å². The Morgan fingerprint density at radius 3 is 2.72 bits per heavy atom. The average molecular weight is 266 g/mol. The molecular weight excluding hydrogens is 244 g/mol. The summed E-state index contributed by atoms with van der Waals surface area (Å²) in [6.45, 7) is 6.30. The molecule has 0 unspecified atom stereocenters. The summed E-state index contributed by atoms with van der Waals surface area (Å²) in [5.41, 5.74) is 7.75. The third-order valence-corrected chi connectivity index (χ3v) is 3.17. The summed E-state index contributed by atoms with van der Waals surface area (Å²) in [5.74, 6) is 0. The van der Waals surface area contributed by atoms with E-state index >= 15 is 0 Å². The molecular formula is C14H22N2OS. The van der Waals surface area contributed by atoms with E-state index < -0.39 is 0 Å². The van der Waals surface area contributed by atoms with Crippen molar-refractivity contribution in [1.29, 1.82) is 0 Å². The van der Waals surface area contributed by atoms with Crippen molar-refractivity contribution in [3.8, 4) is 0 Å². The van der Waals surface area contributed by atoms with E-state index in [0.717, 1.165) is 25.1 Å². The van der Waals surface area contributed by atoms with Gasteiger partial charge in [-0.3, -0.25) is 4.90 Å². The third-order valence-electron chi connectivity index (χ3n) is 2.93. The molecule has 0 saturated heterocycles. The second-order valence-electron chi connectivity index (χ2n) is 4.71. The van der Waals surface area contributed by atoms with E-state index in [4.69, 9.17) is 23.1 Å². The summed E-state index contributed by atoms with van der Waals surface area (Å²) in [7, 11) is 0. The van der Waals surface area contributed by atoms with Crippen molar-refractivity contribution in [2.45, 2.75) is 32.9 Å². The zero-order valence-corrected chi connectivity index (χ0v) is 11.9. The minimum Gasteiger partial charge on any atom is -0.396 e. The fourth-order valence-corrected chi connectivity index (χ4v) is 1.98. The highest BCUT2D eigenvalue weighted by Gasteiger charge is 2.10. The van der Waals surface area contributed by atoms with Gasteiger partial charge in [-0.15, -0.1) is 0 Å². The highest BCUT2D eigenvalue weighted by Crippen LogP contribution is 2.11. The number of nitrogens with two attached hydrogens (primary N) is 1. The molecule has 0 radical (unpaired) electrons. The molecule has 1 aromatic rings. The van der Waals surface area contributed by atoms with E-state index in [1.54, 1.807) is 0 Å². The molecule has 0 saturated carbocycles. The van der Waals surface area contributed by atoms with E-state index in [9.17, 15) is 0 Å². The molecule has 1 rings (SSSR count). The fraction of sp³-hybridized carbons (Fsp3) is 0.500. The van der Waals surface area contributed by atoms with Crippen molar-refractivity contribution in [1.82, 2.24) is 4.90 Å². The van der Waals surface area contributed by atoms with Crippen molar-refractivity contribution in [3.05, 3.63) is 35.4 Å². The average Bonchev–Trinajstić information content (AvgIpc) is 2.34. The van der Waals surface area contributed by atoms with Crippen molar-refractivity contribution in [2.75, 3.05) is 13.2 Å². The SMILES string of the molecule is CC(C)N(CCCO)Cc1cccc(C(N)=S)c1. The molecule has 0 aliphatic rings. The van der Waals surface area contributed by atoms with Gasteiger partial charge in [0.2, 0.25) is 0 Å². The van der Waals surface area contributed by atoms with Crippen LogP contribution in [0.15, 0.2) is 24.3 Å². The van der Waals surface area contributed by atoms with E-state index in [2.05, 4.69) is 24.8 Å². The van der Waals surface area contributed by atoms with Crippen LogP contribution in [0.2, 0.25) is 0 Å². The van der Waals surface area contributed by atoms with Gasteiger partial charge in [0.05, 0.1) is 0 Å². The lowest BCUT2D eigenvalue weighted by atomic mass is 10.1. The lowest BCUT2D eigenvalue weighted by Crippen LogP contribution is -2.31. The molecule has 0 aliphatic carbocycles. The summed E-state index contributed by atoms with van der Waals surface area (Å²) < 4.78 is 0. The molecule has 0 amide bonds. The van der Waals surface area contributed by atoms with Crippen LogP contribution >= 0.6 is 12.2 Å². The Morgan fingerprint density at radius 2 is 2.17 bits per heavy atom. The molecule has 0 fully saturated rings. The van der Waals surface area contributed by atoms with Crippen LogP contribution in [-0.2, 0) is 6.54 Å². The second kappa shape index (κ2) is 7.46. The van der Waals surface area contributed by atoms with E-state index in [1.807, 2.05) is 18.2 Å².